The Kier molecular flexibility index (Phi) is 6.69. The van der Waals surface area contributed by atoms with Crippen molar-refractivity contribution in [1.29, 1.82) is 0 Å². The molecule has 2 amide bonds. The Morgan fingerprint density at radius 2 is 1.66 bits per heavy atom. The fourth-order valence-corrected chi connectivity index (χ4v) is 5.44. The third kappa shape index (κ3) is 5.01. The average Bonchev–Trinajstić information content (AvgIpc) is 2.89. The van der Waals surface area contributed by atoms with Crippen molar-refractivity contribution in [2.75, 3.05) is 0 Å². The highest BCUT2D eigenvalue weighted by molar-refractivity contribution is 5.91. The number of hydrogen-bond acceptors (Lipinski definition) is 3. The summed E-state index contributed by atoms with van der Waals surface area (Å²) in [6.45, 7) is 2.43. The minimum absolute atomic E-state index is 0.0252. The van der Waals surface area contributed by atoms with Gasteiger partial charge in [-0.05, 0) is 60.4 Å². The van der Waals surface area contributed by atoms with E-state index in [-0.39, 0.29) is 17.9 Å². The van der Waals surface area contributed by atoms with Crippen LogP contribution in [0.3, 0.4) is 0 Å². The van der Waals surface area contributed by atoms with Crippen molar-refractivity contribution in [3.8, 4) is 0 Å². The summed E-state index contributed by atoms with van der Waals surface area (Å²) < 4.78 is 0. The van der Waals surface area contributed by atoms with Gasteiger partial charge >= 0.3 is 0 Å². The van der Waals surface area contributed by atoms with E-state index < -0.39 is 12.1 Å². The molecule has 0 fully saturated rings. The number of amides is 2. The number of carbonyl (C=O) groups is 2. The maximum absolute atomic E-state index is 13.7. The van der Waals surface area contributed by atoms with E-state index >= 15 is 0 Å². The molecule has 5 nitrogen and oxygen atoms in total. The summed E-state index contributed by atoms with van der Waals surface area (Å²) >= 11 is 0. The Labute approximate surface area is 207 Å². The lowest BCUT2D eigenvalue weighted by atomic mass is 9.87. The van der Waals surface area contributed by atoms with E-state index in [1.54, 1.807) is 4.90 Å². The number of aryl methyl sites for hydroxylation is 2. The molecule has 5 rings (SSSR count). The number of carbonyl (C=O) groups excluding carboxylic acids is 2. The van der Waals surface area contributed by atoms with E-state index in [0.717, 1.165) is 36.0 Å². The molecule has 1 unspecified atom stereocenters. The molecule has 3 N–H and O–H groups in total. The van der Waals surface area contributed by atoms with E-state index in [1.807, 2.05) is 55.5 Å². The van der Waals surface area contributed by atoms with E-state index in [1.165, 1.54) is 16.7 Å². The van der Waals surface area contributed by atoms with Gasteiger partial charge in [-0.25, -0.2) is 0 Å². The standard InChI is InChI=1S/C30H33N3O2/c1-20-13-15-21(16-14-20)17-26(31)30(35)33-19-24-9-3-2-8-23(24)18-28(33)29(34)32-27-12-6-10-22-7-4-5-11-25(22)27/h2-5,7-9,11,13-16,26-28H,6,10,12,17-19,31H2,1H3,(H,32,34)/t26-,27+,28?/m0/s1. The first kappa shape index (κ1) is 23.3. The van der Waals surface area contributed by atoms with Crippen LogP contribution < -0.4 is 11.1 Å². The summed E-state index contributed by atoms with van der Waals surface area (Å²) in [6.07, 6.45) is 3.94. The number of fused-ring (bicyclic) bond motifs is 2. The topological polar surface area (TPSA) is 75.4 Å². The highest BCUT2D eigenvalue weighted by Gasteiger charge is 2.37. The second-order valence-corrected chi connectivity index (χ2v) is 9.90. The fraction of sp³-hybridized carbons (Fsp3) is 0.333. The molecule has 3 aromatic carbocycles. The van der Waals surface area contributed by atoms with Crippen LogP contribution in [0, 0.1) is 6.92 Å². The highest BCUT2D eigenvalue weighted by atomic mass is 16.2. The lowest BCUT2D eigenvalue weighted by molar-refractivity contribution is -0.143. The van der Waals surface area contributed by atoms with E-state index in [4.69, 9.17) is 5.73 Å². The molecule has 1 aliphatic carbocycles. The van der Waals surface area contributed by atoms with Crippen LogP contribution in [0.4, 0.5) is 0 Å². The molecule has 0 bridgehead atoms. The van der Waals surface area contributed by atoms with Gasteiger partial charge in [0.15, 0.2) is 0 Å². The number of rotatable bonds is 5. The van der Waals surface area contributed by atoms with Crippen molar-refractivity contribution in [3.63, 3.8) is 0 Å². The van der Waals surface area contributed by atoms with Gasteiger partial charge in [-0.3, -0.25) is 9.59 Å². The third-order valence-corrected chi connectivity index (χ3v) is 7.41. The summed E-state index contributed by atoms with van der Waals surface area (Å²) in [5.41, 5.74) is 13.3. The lowest BCUT2D eigenvalue weighted by Gasteiger charge is -2.38. The molecule has 180 valence electrons. The fourth-order valence-electron chi connectivity index (χ4n) is 5.44. The van der Waals surface area contributed by atoms with Crippen LogP contribution in [0.2, 0.25) is 0 Å². The van der Waals surface area contributed by atoms with E-state index in [0.29, 0.717) is 19.4 Å². The summed E-state index contributed by atoms with van der Waals surface area (Å²) in [4.78, 5) is 29.0. The largest absolute Gasteiger partial charge is 0.347 e. The van der Waals surface area contributed by atoms with Gasteiger partial charge in [-0.2, -0.15) is 0 Å². The molecule has 0 radical (unpaired) electrons. The zero-order chi connectivity index (χ0) is 24.4. The molecular formula is C30H33N3O2. The van der Waals surface area contributed by atoms with Crippen LogP contribution in [0.15, 0.2) is 72.8 Å². The maximum atomic E-state index is 13.7. The molecule has 5 heteroatoms. The van der Waals surface area contributed by atoms with Crippen molar-refractivity contribution in [1.82, 2.24) is 10.2 Å². The molecule has 1 heterocycles. The zero-order valence-electron chi connectivity index (χ0n) is 20.2. The monoisotopic (exact) mass is 467 g/mol. The quantitative estimate of drug-likeness (QED) is 0.595. The first-order valence-electron chi connectivity index (χ1n) is 12.6. The maximum Gasteiger partial charge on any atom is 0.243 e. The highest BCUT2D eigenvalue weighted by Crippen LogP contribution is 2.31. The van der Waals surface area contributed by atoms with Crippen molar-refractivity contribution < 1.29 is 9.59 Å². The second-order valence-electron chi connectivity index (χ2n) is 9.90. The molecule has 2 aliphatic rings. The predicted molar refractivity (Wildman–Crippen MR) is 138 cm³/mol. The summed E-state index contributed by atoms with van der Waals surface area (Å²) in [5, 5.41) is 3.28. The first-order chi connectivity index (χ1) is 17.0. The number of nitrogens with one attached hydrogen (secondary N) is 1. The van der Waals surface area contributed by atoms with Crippen LogP contribution >= 0.6 is 0 Å². The zero-order valence-corrected chi connectivity index (χ0v) is 20.2. The van der Waals surface area contributed by atoms with Gasteiger partial charge in [0.1, 0.15) is 6.04 Å². The molecule has 0 spiro atoms. The smallest absolute Gasteiger partial charge is 0.243 e. The molecule has 0 saturated heterocycles. The Morgan fingerprint density at radius 3 is 2.43 bits per heavy atom. The number of hydrogen-bond donors (Lipinski definition) is 2. The lowest BCUT2D eigenvalue weighted by Crippen LogP contribution is -2.57. The van der Waals surface area contributed by atoms with Gasteiger partial charge < -0.3 is 16.0 Å². The Bertz CT molecular complexity index is 1220. The molecule has 35 heavy (non-hydrogen) atoms. The van der Waals surface area contributed by atoms with E-state index in [2.05, 4.69) is 29.6 Å². The molecule has 3 aromatic rings. The van der Waals surface area contributed by atoms with Crippen LogP contribution in [-0.2, 0) is 35.4 Å². The minimum Gasteiger partial charge on any atom is -0.347 e. The summed E-state index contributed by atoms with van der Waals surface area (Å²) in [5.74, 6) is -0.277. The summed E-state index contributed by atoms with van der Waals surface area (Å²) in [6, 6.07) is 23.2. The molecule has 0 saturated carbocycles. The normalized spacial score (nSPS) is 19.9. The average molecular weight is 468 g/mol. The van der Waals surface area contributed by atoms with Gasteiger partial charge in [0, 0.05) is 13.0 Å². The Balaban J connectivity index is 1.37. The Hall–Kier alpha value is -3.44. The van der Waals surface area contributed by atoms with Crippen molar-refractivity contribution >= 4 is 11.8 Å². The second kappa shape index (κ2) is 10.0. The van der Waals surface area contributed by atoms with Gasteiger partial charge in [0.05, 0.1) is 12.1 Å². The number of benzene rings is 3. The summed E-state index contributed by atoms with van der Waals surface area (Å²) in [7, 11) is 0. The van der Waals surface area contributed by atoms with Gasteiger partial charge in [0.2, 0.25) is 11.8 Å². The van der Waals surface area contributed by atoms with Crippen LogP contribution in [0.1, 0.15) is 52.3 Å². The molecule has 3 atom stereocenters. The predicted octanol–water partition coefficient (Wildman–Crippen LogP) is 4.01. The SMILES string of the molecule is Cc1ccc(C[C@H](N)C(=O)N2Cc3ccccc3CC2C(=O)N[C@@H]2CCCc3ccccc32)cc1. The van der Waals surface area contributed by atoms with Crippen LogP contribution in [0.5, 0.6) is 0 Å². The minimum atomic E-state index is -0.700. The van der Waals surface area contributed by atoms with Crippen molar-refractivity contribution in [3.05, 3.63) is 106 Å². The van der Waals surface area contributed by atoms with Gasteiger partial charge in [0.25, 0.3) is 0 Å². The van der Waals surface area contributed by atoms with Gasteiger partial charge in [-0.15, -0.1) is 0 Å². The molecule has 0 aromatic heterocycles. The van der Waals surface area contributed by atoms with Crippen molar-refractivity contribution in [2.45, 2.75) is 63.7 Å². The van der Waals surface area contributed by atoms with Crippen LogP contribution in [-0.4, -0.2) is 28.8 Å². The number of nitrogens with two attached hydrogens (primary N) is 1. The van der Waals surface area contributed by atoms with Crippen molar-refractivity contribution in [2.24, 2.45) is 5.73 Å². The third-order valence-electron chi connectivity index (χ3n) is 7.41. The van der Waals surface area contributed by atoms with Gasteiger partial charge in [-0.1, -0.05) is 78.4 Å². The first-order valence-corrected chi connectivity index (χ1v) is 12.6. The number of nitrogens with zero attached hydrogens (tertiary/aromatic N) is 1. The van der Waals surface area contributed by atoms with Crippen LogP contribution in [0.25, 0.3) is 0 Å². The molecular weight excluding hydrogens is 434 g/mol. The Morgan fingerprint density at radius 1 is 0.971 bits per heavy atom. The van der Waals surface area contributed by atoms with E-state index in [9.17, 15) is 9.59 Å². The molecule has 1 aliphatic heterocycles.